The number of carbonyl (C=O) groups excluding carboxylic acids is 1. The van der Waals surface area contributed by atoms with Crippen LogP contribution in [0.3, 0.4) is 0 Å². The molecule has 0 N–H and O–H groups in total. The fourth-order valence-corrected chi connectivity index (χ4v) is 5.10. The molecule has 0 amide bonds. The van der Waals surface area contributed by atoms with Gasteiger partial charge in [0.1, 0.15) is 10.0 Å². The van der Waals surface area contributed by atoms with Gasteiger partial charge >= 0.3 is 5.69 Å². The average Bonchev–Trinajstić information content (AvgIpc) is 3.08. The van der Waals surface area contributed by atoms with E-state index >= 15 is 0 Å². The molecule has 3 rings (SSSR count). The van der Waals surface area contributed by atoms with Crippen molar-refractivity contribution in [1.29, 1.82) is 0 Å². The summed E-state index contributed by atoms with van der Waals surface area (Å²) in [5, 5.41) is 11.6. The third-order valence-electron chi connectivity index (χ3n) is 4.49. The number of sulfone groups is 1. The van der Waals surface area contributed by atoms with Gasteiger partial charge in [0.05, 0.1) is 10.6 Å². The van der Waals surface area contributed by atoms with Gasteiger partial charge in [-0.3, -0.25) is 14.9 Å². The molecule has 150 valence electrons. The van der Waals surface area contributed by atoms with Crippen LogP contribution >= 0.6 is 11.3 Å². The number of nitro groups is 1. The highest BCUT2D eigenvalue weighted by atomic mass is 32.2. The predicted octanol–water partition coefficient (Wildman–Crippen LogP) is 2.73. The van der Waals surface area contributed by atoms with Crippen LogP contribution in [-0.2, 0) is 9.84 Å². The average molecular weight is 427 g/mol. The zero-order valence-electron chi connectivity index (χ0n) is 15.2. The molecular weight excluding hydrogens is 409 g/mol. The van der Waals surface area contributed by atoms with Crippen molar-refractivity contribution in [3.63, 3.8) is 0 Å². The van der Waals surface area contributed by atoms with E-state index in [1.54, 1.807) is 21.9 Å². The summed E-state index contributed by atoms with van der Waals surface area (Å²) >= 11 is 0.873. The van der Waals surface area contributed by atoms with Crippen LogP contribution in [-0.4, -0.2) is 51.6 Å². The van der Waals surface area contributed by atoms with Crippen LogP contribution in [0.5, 0.6) is 0 Å². The number of anilines is 2. The van der Waals surface area contributed by atoms with E-state index in [0.29, 0.717) is 37.4 Å². The predicted molar refractivity (Wildman–Crippen MR) is 105 cm³/mol. The van der Waals surface area contributed by atoms with Gasteiger partial charge in [-0.1, -0.05) is 11.3 Å². The van der Waals surface area contributed by atoms with Crippen molar-refractivity contribution in [3.8, 4) is 0 Å². The first-order chi connectivity index (χ1) is 13.1. The lowest BCUT2D eigenvalue weighted by molar-refractivity contribution is -0.383. The van der Waals surface area contributed by atoms with Crippen molar-refractivity contribution >= 4 is 43.3 Å². The highest BCUT2D eigenvalue weighted by molar-refractivity contribution is 7.92. The Bertz CT molecular complexity index is 1040. The normalized spacial score (nSPS) is 15.0. The summed E-state index contributed by atoms with van der Waals surface area (Å²) in [5.41, 5.74) is 0.417. The van der Waals surface area contributed by atoms with Crippen LogP contribution in [0.15, 0.2) is 28.5 Å². The summed E-state index contributed by atoms with van der Waals surface area (Å²) in [5.74, 6) is -0.718. The minimum absolute atomic E-state index is 0.0532. The molecule has 0 unspecified atom stereocenters. The Morgan fingerprint density at radius 2 is 1.79 bits per heavy atom. The molecular formula is C17H18FN3O5S2. The van der Waals surface area contributed by atoms with E-state index in [9.17, 15) is 27.7 Å². The van der Waals surface area contributed by atoms with Crippen molar-refractivity contribution in [1.82, 2.24) is 0 Å². The lowest BCUT2D eigenvalue weighted by atomic mass is 10.1. The second-order valence-corrected chi connectivity index (χ2v) is 9.75. The van der Waals surface area contributed by atoms with Crippen molar-refractivity contribution < 1.29 is 22.5 Å². The van der Waals surface area contributed by atoms with Gasteiger partial charge in [-0.25, -0.2) is 12.8 Å². The number of carbonyl (C=O) groups is 1. The van der Waals surface area contributed by atoms with Gasteiger partial charge in [0.2, 0.25) is 0 Å². The molecule has 1 aliphatic heterocycles. The van der Waals surface area contributed by atoms with E-state index in [2.05, 4.69) is 0 Å². The van der Waals surface area contributed by atoms with Crippen LogP contribution in [0.1, 0.15) is 17.3 Å². The third kappa shape index (κ3) is 3.99. The lowest BCUT2D eigenvalue weighted by Crippen LogP contribution is -2.46. The van der Waals surface area contributed by atoms with Gasteiger partial charge in [0.25, 0.3) is 0 Å². The Balaban J connectivity index is 1.80. The number of Topliss-reactive ketones (excluding diaryl/α,β-unsaturated/α-hetero) is 1. The standard InChI is InChI=1S/C17H18FN3O5S2/c1-11(22)12-3-4-14(13(18)9-12)19-5-7-20(8-6-19)17-15(21(23)24)10-16(27-17)28(2,25)26/h3-4,9-10H,5-8H2,1-2H3. The van der Waals surface area contributed by atoms with Gasteiger partial charge in [-0.2, -0.15) is 0 Å². The Hall–Kier alpha value is -2.53. The summed E-state index contributed by atoms with van der Waals surface area (Å²) in [7, 11) is -3.55. The Labute approximate surface area is 165 Å². The maximum atomic E-state index is 14.4. The van der Waals surface area contributed by atoms with E-state index in [0.717, 1.165) is 23.7 Å². The van der Waals surface area contributed by atoms with Gasteiger partial charge in [0.15, 0.2) is 20.6 Å². The second kappa shape index (κ2) is 7.47. The van der Waals surface area contributed by atoms with Crippen molar-refractivity contribution in [2.45, 2.75) is 11.1 Å². The fraction of sp³-hybridized carbons (Fsp3) is 0.353. The number of halogens is 1. The number of nitrogens with zero attached hydrogens (tertiary/aromatic N) is 3. The smallest absolute Gasteiger partial charge is 0.305 e. The highest BCUT2D eigenvalue weighted by Crippen LogP contribution is 2.40. The number of thiophene rings is 1. The van der Waals surface area contributed by atoms with Crippen LogP contribution in [0.2, 0.25) is 0 Å². The zero-order chi connectivity index (χ0) is 20.6. The number of piperazine rings is 1. The van der Waals surface area contributed by atoms with E-state index in [1.165, 1.54) is 13.0 Å². The van der Waals surface area contributed by atoms with E-state index in [-0.39, 0.29) is 20.7 Å². The van der Waals surface area contributed by atoms with Gasteiger partial charge in [-0.15, -0.1) is 0 Å². The summed E-state index contributed by atoms with van der Waals surface area (Å²) in [6.07, 6.45) is 1.01. The molecule has 0 atom stereocenters. The highest BCUT2D eigenvalue weighted by Gasteiger charge is 2.30. The maximum absolute atomic E-state index is 14.4. The number of hydrogen-bond donors (Lipinski definition) is 0. The first kappa shape index (κ1) is 20.2. The summed E-state index contributed by atoms with van der Waals surface area (Å²) in [4.78, 5) is 25.6. The summed E-state index contributed by atoms with van der Waals surface area (Å²) in [6.45, 7) is 2.92. The third-order valence-corrected chi connectivity index (χ3v) is 7.48. The van der Waals surface area contributed by atoms with Gasteiger partial charge < -0.3 is 9.80 Å². The molecule has 0 aliphatic carbocycles. The van der Waals surface area contributed by atoms with Crippen LogP contribution in [0.25, 0.3) is 0 Å². The molecule has 1 aliphatic rings. The van der Waals surface area contributed by atoms with Crippen LogP contribution in [0.4, 0.5) is 20.8 Å². The minimum Gasteiger partial charge on any atom is -0.366 e. The number of rotatable bonds is 5. The first-order valence-electron chi connectivity index (χ1n) is 8.36. The molecule has 1 saturated heterocycles. The topological polar surface area (TPSA) is 101 Å². The number of benzene rings is 1. The molecule has 1 fully saturated rings. The molecule has 0 spiro atoms. The molecule has 2 aromatic rings. The molecule has 1 aromatic heterocycles. The van der Waals surface area contributed by atoms with Gasteiger partial charge in [0, 0.05) is 44.1 Å². The Morgan fingerprint density at radius 1 is 1.18 bits per heavy atom. The fourth-order valence-electron chi connectivity index (χ4n) is 3.02. The minimum atomic E-state index is -3.55. The molecule has 1 aromatic carbocycles. The molecule has 11 heteroatoms. The monoisotopic (exact) mass is 427 g/mol. The number of hydrogen-bond acceptors (Lipinski definition) is 8. The van der Waals surface area contributed by atoms with Crippen molar-refractivity contribution in [2.24, 2.45) is 0 Å². The maximum Gasteiger partial charge on any atom is 0.305 e. The van der Waals surface area contributed by atoms with E-state index in [1.807, 2.05) is 0 Å². The first-order valence-corrected chi connectivity index (χ1v) is 11.1. The Morgan fingerprint density at radius 3 is 2.29 bits per heavy atom. The molecule has 2 heterocycles. The number of ketones is 1. The summed E-state index contributed by atoms with van der Waals surface area (Å²) < 4.78 is 37.8. The quantitative estimate of drug-likeness (QED) is 0.411. The van der Waals surface area contributed by atoms with Crippen LogP contribution < -0.4 is 9.80 Å². The molecule has 8 nitrogen and oxygen atoms in total. The van der Waals surface area contributed by atoms with E-state index in [4.69, 9.17) is 0 Å². The van der Waals surface area contributed by atoms with Crippen LogP contribution in [0, 0.1) is 15.9 Å². The van der Waals surface area contributed by atoms with Gasteiger partial charge in [-0.05, 0) is 25.1 Å². The molecule has 28 heavy (non-hydrogen) atoms. The van der Waals surface area contributed by atoms with E-state index < -0.39 is 20.6 Å². The SMILES string of the molecule is CC(=O)c1ccc(N2CCN(c3sc(S(C)(=O)=O)cc3[N+](=O)[O-])CC2)c(F)c1. The second-order valence-electron chi connectivity index (χ2n) is 6.48. The molecule has 0 radical (unpaired) electrons. The zero-order valence-corrected chi connectivity index (χ0v) is 16.8. The summed E-state index contributed by atoms with van der Waals surface area (Å²) in [6, 6.07) is 5.40. The largest absolute Gasteiger partial charge is 0.366 e. The Kier molecular flexibility index (Phi) is 5.39. The lowest BCUT2D eigenvalue weighted by Gasteiger charge is -2.36. The van der Waals surface area contributed by atoms with Crippen molar-refractivity contribution in [3.05, 3.63) is 45.8 Å². The molecule has 0 saturated carbocycles. The molecule has 0 bridgehead atoms. The van der Waals surface area contributed by atoms with Crippen molar-refractivity contribution in [2.75, 3.05) is 42.2 Å².